The molecule has 1 aromatic carbocycles. The summed E-state index contributed by atoms with van der Waals surface area (Å²) in [7, 11) is 1.63. The highest BCUT2D eigenvalue weighted by Crippen LogP contribution is 2.11. The average molecular weight is 355 g/mol. The molecule has 0 radical (unpaired) electrons. The first-order valence-corrected chi connectivity index (χ1v) is 8.76. The van der Waals surface area contributed by atoms with E-state index in [1.165, 1.54) is 0 Å². The van der Waals surface area contributed by atoms with E-state index in [0.717, 1.165) is 11.3 Å². The van der Waals surface area contributed by atoms with E-state index in [0.29, 0.717) is 26.1 Å². The number of carbonyl (C=O) groups excluding carboxylic acids is 2. The van der Waals surface area contributed by atoms with Crippen LogP contribution in [0.2, 0.25) is 0 Å². The van der Waals surface area contributed by atoms with Crippen LogP contribution in [0.1, 0.15) is 40.4 Å². The Bertz CT molecular complexity index is 740. The van der Waals surface area contributed by atoms with Crippen LogP contribution in [0.5, 0.6) is 5.75 Å². The van der Waals surface area contributed by atoms with E-state index in [-0.39, 0.29) is 23.2 Å². The number of nitrogens with zero attached hydrogens (tertiary/aromatic N) is 2. The molecule has 0 saturated carbocycles. The van der Waals surface area contributed by atoms with Gasteiger partial charge in [-0.25, -0.2) is 4.98 Å². The van der Waals surface area contributed by atoms with Crippen molar-refractivity contribution in [2.75, 3.05) is 26.7 Å². The first-order chi connectivity index (χ1) is 12.6. The lowest BCUT2D eigenvalue weighted by molar-refractivity contribution is 0.0767. The fourth-order valence-electron chi connectivity index (χ4n) is 2.56. The van der Waals surface area contributed by atoms with Crippen LogP contribution in [0.15, 0.2) is 42.5 Å². The highest BCUT2D eigenvalue weighted by Gasteiger charge is 2.16. The van der Waals surface area contributed by atoms with Gasteiger partial charge in [-0.05, 0) is 50.1 Å². The predicted molar refractivity (Wildman–Crippen MR) is 101 cm³/mol. The molecule has 1 N–H and O–H groups in total. The largest absolute Gasteiger partial charge is 0.497 e. The Morgan fingerprint density at radius 1 is 1.04 bits per heavy atom. The minimum Gasteiger partial charge on any atom is -0.497 e. The molecular formula is C20H25N3O3. The van der Waals surface area contributed by atoms with Crippen molar-refractivity contribution in [3.8, 4) is 5.75 Å². The standard InChI is InChI=1S/C20H25N3O3/c1-4-23(5-2)20(25)18-8-6-7-17(22-18)19(24)21-14-13-15-9-11-16(26-3)12-10-15/h6-12H,4-5,13-14H2,1-3H3,(H,21,24). The molecule has 138 valence electrons. The van der Waals surface area contributed by atoms with Gasteiger partial charge in [-0.1, -0.05) is 18.2 Å². The number of rotatable bonds is 8. The zero-order chi connectivity index (χ0) is 18.9. The van der Waals surface area contributed by atoms with Crippen molar-refractivity contribution in [3.05, 3.63) is 59.4 Å². The zero-order valence-corrected chi connectivity index (χ0v) is 15.5. The van der Waals surface area contributed by atoms with Gasteiger partial charge in [-0.15, -0.1) is 0 Å². The highest BCUT2D eigenvalue weighted by atomic mass is 16.5. The Hall–Kier alpha value is -2.89. The van der Waals surface area contributed by atoms with E-state index in [9.17, 15) is 9.59 Å². The molecule has 0 fully saturated rings. The number of methoxy groups -OCH3 is 1. The molecule has 1 heterocycles. The molecule has 6 heteroatoms. The van der Waals surface area contributed by atoms with Crippen molar-refractivity contribution < 1.29 is 14.3 Å². The second kappa shape index (κ2) is 9.56. The van der Waals surface area contributed by atoms with Crippen molar-refractivity contribution in [2.45, 2.75) is 20.3 Å². The summed E-state index contributed by atoms with van der Waals surface area (Å²) in [5.74, 6) is 0.354. The molecule has 0 unspecified atom stereocenters. The lowest BCUT2D eigenvalue weighted by Crippen LogP contribution is -2.32. The summed E-state index contributed by atoms with van der Waals surface area (Å²) in [5.41, 5.74) is 1.64. The summed E-state index contributed by atoms with van der Waals surface area (Å²) in [6.45, 7) is 5.53. The van der Waals surface area contributed by atoms with Gasteiger partial charge in [0.2, 0.25) is 0 Å². The highest BCUT2D eigenvalue weighted by molar-refractivity contribution is 5.96. The normalized spacial score (nSPS) is 10.3. The smallest absolute Gasteiger partial charge is 0.272 e. The van der Waals surface area contributed by atoms with Crippen LogP contribution in [-0.2, 0) is 6.42 Å². The van der Waals surface area contributed by atoms with Crippen LogP contribution in [0.3, 0.4) is 0 Å². The second-order valence-corrected chi connectivity index (χ2v) is 5.74. The number of nitrogens with one attached hydrogen (secondary N) is 1. The van der Waals surface area contributed by atoms with E-state index in [1.54, 1.807) is 30.2 Å². The zero-order valence-electron chi connectivity index (χ0n) is 15.5. The van der Waals surface area contributed by atoms with E-state index in [1.807, 2.05) is 38.1 Å². The molecule has 0 bridgehead atoms. The molecule has 2 rings (SSSR count). The van der Waals surface area contributed by atoms with E-state index in [2.05, 4.69) is 10.3 Å². The summed E-state index contributed by atoms with van der Waals surface area (Å²) in [4.78, 5) is 30.5. The van der Waals surface area contributed by atoms with Crippen molar-refractivity contribution in [2.24, 2.45) is 0 Å². The summed E-state index contributed by atoms with van der Waals surface area (Å²) in [6, 6.07) is 12.6. The van der Waals surface area contributed by atoms with Gasteiger partial charge in [-0.2, -0.15) is 0 Å². The van der Waals surface area contributed by atoms with Gasteiger partial charge in [0.15, 0.2) is 0 Å². The monoisotopic (exact) mass is 355 g/mol. The number of benzene rings is 1. The second-order valence-electron chi connectivity index (χ2n) is 5.74. The molecular weight excluding hydrogens is 330 g/mol. The van der Waals surface area contributed by atoms with E-state index in [4.69, 9.17) is 4.74 Å². The molecule has 0 spiro atoms. The third-order valence-corrected chi connectivity index (χ3v) is 4.11. The van der Waals surface area contributed by atoms with Crippen LogP contribution < -0.4 is 10.1 Å². The SMILES string of the molecule is CCN(CC)C(=O)c1cccc(C(=O)NCCc2ccc(OC)cc2)n1. The van der Waals surface area contributed by atoms with Gasteiger partial charge >= 0.3 is 0 Å². The number of carbonyl (C=O) groups is 2. The van der Waals surface area contributed by atoms with E-state index >= 15 is 0 Å². The lowest BCUT2D eigenvalue weighted by Gasteiger charge is -2.18. The van der Waals surface area contributed by atoms with Crippen molar-refractivity contribution in [1.29, 1.82) is 0 Å². The number of amides is 2. The summed E-state index contributed by atoms with van der Waals surface area (Å²) < 4.78 is 5.12. The van der Waals surface area contributed by atoms with E-state index < -0.39 is 0 Å². The van der Waals surface area contributed by atoms with Gasteiger partial charge < -0.3 is 15.0 Å². The minimum atomic E-state index is -0.285. The number of ether oxygens (including phenoxy) is 1. The molecule has 1 aromatic heterocycles. The molecule has 26 heavy (non-hydrogen) atoms. The number of hydrogen-bond acceptors (Lipinski definition) is 4. The Morgan fingerprint density at radius 2 is 1.69 bits per heavy atom. The maximum absolute atomic E-state index is 12.4. The topological polar surface area (TPSA) is 71.5 Å². The number of hydrogen-bond donors (Lipinski definition) is 1. The Balaban J connectivity index is 1.94. The van der Waals surface area contributed by atoms with Crippen LogP contribution in [0.4, 0.5) is 0 Å². The number of aromatic nitrogens is 1. The minimum absolute atomic E-state index is 0.164. The van der Waals surface area contributed by atoms with Crippen LogP contribution >= 0.6 is 0 Å². The Kier molecular flexibility index (Phi) is 7.14. The van der Waals surface area contributed by atoms with Crippen LogP contribution in [-0.4, -0.2) is 48.4 Å². The fourth-order valence-corrected chi connectivity index (χ4v) is 2.56. The quantitative estimate of drug-likeness (QED) is 0.790. The maximum atomic E-state index is 12.4. The van der Waals surface area contributed by atoms with Crippen LogP contribution in [0, 0.1) is 0 Å². The van der Waals surface area contributed by atoms with Crippen molar-refractivity contribution >= 4 is 11.8 Å². The maximum Gasteiger partial charge on any atom is 0.272 e. The number of pyridine rings is 1. The fraction of sp³-hybridized carbons (Fsp3) is 0.350. The third-order valence-electron chi connectivity index (χ3n) is 4.11. The van der Waals surface area contributed by atoms with Gasteiger partial charge in [0.25, 0.3) is 11.8 Å². The molecule has 2 aromatic rings. The van der Waals surface area contributed by atoms with Crippen molar-refractivity contribution in [3.63, 3.8) is 0 Å². The predicted octanol–water partition coefficient (Wildman–Crippen LogP) is 2.54. The van der Waals surface area contributed by atoms with Crippen molar-refractivity contribution in [1.82, 2.24) is 15.2 Å². The Morgan fingerprint density at radius 3 is 2.31 bits per heavy atom. The molecule has 6 nitrogen and oxygen atoms in total. The van der Waals surface area contributed by atoms with Gasteiger partial charge in [-0.3, -0.25) is 9.59 Å². The summed E-state index contributed by atoms with van der Waals surface area (Å²) in [5, 5.41) is 2.84. The molecule has 0 aliphatic heterocycles. The lowest BCUT2D eigenvalue weighted by atomic mass is 10.1. The molecule has 0 aliphatic rings. The third kappa shape index (κ3) is 5.05. The molecule has 0 saturated heterocycles. The Labute approximate surface area is 154 Å². The summed E-state index contributed by atoms with van der Waals surface area (Å²) in [6.07, 6.45) is 0.702. The van der Waals surface area contributed by atoms with Gasteiger partial charge in [0.05, 0.1) is 7.11 Å². The first kappa shape index (κ1) is 19.4. The first-order valence-electron chi connectivity index (χ1n) is 8.76. The molecule has 2 amide bonds. The van der Waals surface area contributed by atoms with Gasteiger partial charge in [0.1, 0.15) is 17.1 Å². The van der Waals surface area contributed by atoms with Gasteiger partial charge in [0, 0.05) is 19.6 Å². The average Bonchev–Trinajstić information content (AvgIpc) is 2.69. The van der Waals surface area contributed by atoms with Crippen LogP contribution in [0.25, 0.3) is 0 Å². The summed E-state index contributed by atoms with van der Waals surface area (Å²) >= 11 is 0. The molecule has 0 aliphatic carbocycles. The molecule has 0 atom stereocenters.